The number of hydrogen-bond donors (Lipinski definition) is 1. The van der Waals surface area contributed by atoms with E-state index >= 15 is 0 Å². The van der Waals surface area contributed by atoms with Crippen LogP contribution < -0.4 is 10.1 Å². The van der Waals surface area contributed by atoms with Crippen molar-refractivity contribution in [2.24, 2.45) is 0 Å². The number of ether oxygens (including phenoxy) is 1. The number of nitrogens with zero attached hydrogens (tertiary/aromatic N) is 1. The molecule has 2 amide bonds. The van der Waals surface area contributed by atoms with Gasteiger partial charge in [0, 0.05) is 18.6 Å². The maximum atomic E-state index is 13.0. The molecule has 0 fully saturated rings. The number of nitrogens with one attached hydrogen (secondary N) is 1. The first kappa shape index (κ1) is 21.8. The zero-order chi connectivity index (χ0) is 20.7. The van der Waals surface area contributed by atoms with Gasteiger partial charge < -0.3 is 15.0 Å². The molecule has 0 radical (unpaired) electrons. The van der Waals surface area contributed by atoms with E-state index in [1.165, 1.54) is 0 Å². The Bertz CT molecular complexity index is 838. The Kier molecular flexibility index (Phi) is 7.88. The van der Waals surface area contributed by atoms with Crippen molar-refractivity contribution in [2.75, 3.05) is 13.7 Å². The average molecular weight is 403 g/mol. The lowest BCUT2D eigenvalue weighted by Gasteiger charge is -2.30. The lowest BCUT2D eigenvalue weighted by Crippen LogP contribution is -2.49. The predicted octanol–water partition coefficient (Wildman–Crippen LogP) is 3.89. The van der Waals surface area contributed by atoms with Crippen LogP contribution in [0.25, 0.3) is 0 Å². The van der Waals surface area contributed by atoms with Gasteiger partial charge in [-0.2, -0.15) is 0 Å². The first-order chi connectivity index (χ1) is 13.4. The average Bonchev–Trinajstić information content (AvgIpc) is 2.69. The third-order valence-corrected chi connectivity index (χ3v) is 5.15. The normalized spacial score (nSPS) is 11.6. The number of aryl methyl sites for hydroxylation is 2. The van der Waals surface area contributed by atoms with Gasteiger partial charge in [-0.15, -0.1) is 0 Å². The van der Waals surface area contributed by atoms with Crippen molar-refractivity contribution in [3.05, 3.63) is 64.2 Å². The van der Waals surface area contributed by atoms with E-state index in [2.05, 4.69) is 5.32 Å². The van der Waals surface area contributed by atoms with E-state index in [9.17, 15) is 9.59 Å². The first-order valence-corrected chi connectivity index (χ1v) is 9.69. The number of hydrogen-bond acceptors (Lipinski definition) is 3. The van der Waals surface area contributed by atoms with E-state index in [1.54, 1.807) is 30.1 Å². The van der Waals surface area contributed by atoms with Crippen LogP contribution in [0.1, 0.15) is 30.0 Å². The Morgan fingerprint density at radius 1 is 1.14 bits per heavy atom. The Morgan fingerprint density at radius 3 is 2.46 bits per heavy atom. The second-order valence-electron chi connectivity index (χ2n) is 6.69. The molecular weight excluding hydrogens is 376 g/mol. The van der Waals surface area contributed by atoms with E-state index in [0.717, 1.165) is 16.7 Å². The SMILES string of the molecule is CCC(C(=O)NC)N(Cc1ccccc1C)C(=O)COc1ccc(Cl)c(C)c1. The maximum absolute atomic E-state index is 13.0. The van der Waals surface area contributed by atoms with E-state index in [4.69, 9.17) is 16.3 Å². The summed E-state index contributed by atoms with van der Waals surface area (Å²) in [5.74, 6) is 0.136. The number of rotatable bonds is 8. The van der Waals surface area contributed by atoms with Gasteiger partial charge in [-0.3, -0.25) is 9.59 Å². The highest BCUT2D eigenvalue weighted by atomic mass is 35.5. The summed E-state index contributed by atoms with van der Waals surface area (Å²) in [5.41, 5.74) is 2.95. The van der Waals surface area contributed by atoms with Gasteiger partial charge in [0.15, 0.2) is 6.61 Å². The summed E-state index contributed by atoms with van der Waals surface area (Å²) in [5, 5.41) is 3.29. The second kappa shape index (κ2) is 10.1. The van der Waals surface area contributed by atoms with Gasteiger partial charge >= 0.3 is 0 Å². The molecule has 2 rings (SSSR count). The van der Waals surface area contributed by atoms with E-state index in [1.807, 2.05) is 45.0 Å². The molecule has 0 heterocycles. The van der Waals surface area contributed by atoms with Crippen LogP contribution in [0.4, 0.5) is 0 Å². The topological polar surface area (TPSA) is 58.6 Å². The van der Waals surface area contributed by atoms with Gasteiger partial charge in [-0.1, -0.05) is 42.8 Å². The third-order valence-electron chi connectivity index (χ3n) is 4.73. The van der Waals surface area contributed by atoms with Gasteiger partial charge in [-0.25, -0.2) is 0 Å². The van der Waals surface area contributed by atoms with E-state index in [-0.39, 0.29) is 18.4 Å². The van der Waals surface area contributed by atoms with Gasteiger partial charge in [0.1, 0.15) is 11.8 Å². The van der Waals surface area contributed by atoms with Crippen molar-refractivity contribution < 1.29 is 14.3 Å². The van der Waals surface area contributed by atoms with E-state index in [0.29, 0.717) is 23.7 Å². The standard InChI is InChI=1S/C22H27ClN2O3/c1-5-20(22(27)24-4)25(13-17-9-7-6-8-15(17)2)21(26)14-28-18-10-11-19(23)16(3)12-18/h6-12,20H,5,13-14H2,1-4H3,(H,24,27). The highest BCUT2D eigenvalue weighted by molar-refractivity contribution is 6.31. The molecule has 2 aromatic carbocycles. The molecule has 5 nitrogen and oxygen atoms in total. The summed E-state index contributed by atoms with van der Waals surface area (Å²) in [6, 6.07) is 12.5. The van der Waals surface area contributed by atoms with Gasteiger partial charge in [0.25, 0.3) is 5.91 Å². The van der Waals surface area contributed by atoms with Crippen molar-refractivity contribution in [1.29, 1.82) is 0 Å². The van der Waals surface area contributed by atoms with Crippen molar-refractivity contribution >= 4 is 23.4 Å². The van der Waals surface area contributed by atoms with Crippen LogP contribution in [0.3, 0.4) is 0 Å². The summed E-state index contributed by atoms with van der Waals surface area (Å²) in [7, 11) is 1.58. The van der Waals surface area contributed by atoms with Crippen LogP contribution in [-0.4, -0.2) is 36.4 Å². The van der Waals surface area contributed by atoms with Crippen molar-refractivity contribution in [3.8, 4) is 5.75 Å². The Balaban J connectivity index is 2.21. The molecule has 1 unspecified atom stereocenters. The lowest BCUT2D eigenvalue weighted by atomic mass is 10.1. The molecule has 28 heavy (non-hydrogen) atoms. The summed E-state index contributed by atoms with van der Waals surface area (Å²) in [6.07, 6.45) is 0.511. The Hall–Kier alpha value is -2.53. The van der Waals surface area contributed by atoms with Crippen LogP contribution in [0.15, 0.2) is 42.5 Å². The van der Waals surface area contributed by atoms with Crippen molar-refractivity contribution in [2.45, 2.75) is 39.8 Å². The number of halogens is 1. The molecule has 1 atom stereocenters. The van der Waals surface area contributed by atoms with E-state index < -0.39 is 6.04 Å². The van der Waals surface area contributed by atoms with Crippen LogP contribution in [-0.2, 0) is 16.1 Å². The fourth-order valence-electron chi connectivity index (χ4n) is 2.99. The smallest absolute Gasteiger partial charge is 0.261 e. The number of carbonyl (C=O) groups is 2. The molecule has 0 saturated carbocycles. The monoisotopic (exact) mass is 402 g/mol. The summed E-state index contributed by atoms with van der Waals surface area (Å²) in [6.45, 7) is 5.95. The van der Waals surface area contributed by atoms with Crippen molar-refractivity contribution in [3.63, 3.8) is 0 Å². The summed E-state index contributed by atoms with van der Waals surface area (Å²) >= 11 is 6.03. The minimum atomic E-state index is -0.562. The minimum Gasteiger partial charge on any atom is -0.484 e. The lowest BCUT2D eigenvalue weighted by molar-refractivity contribution is -0.142. The quantitative estimate of drug-likeness (QED) is 0.728. The van der Waals surface area contributed by atoms with Gasteiger partial charge in [0.2, 0.25) is 5.91 Å². The Labute approximate surface area is 171 Å². The summed E-state index contributed by atoms with van der Waals surface area (Å²) < 4.78 is 5.68. The fourth-order valence-corrected chi connectivity index (χ4v) is 3.11. The molecule has 0 bridgehead atoms. The maximum Gasteiger partial charge on any atom is 0.261 e. The second-order valence-corrected chi connectivity index (χ2v) is 7.09. The van der Waals surface area contributed by atoms with Crippen LogP contribution >= 0.6 is 11.6 Å². The van der Waals surface area contributed by atoms with Gasteiger partial charge in [-0.05, 0) is 55.2 Å². The number of carbonyl (C=O) groups excluding carboxylic acids is 2. The third kappa shape index (κ3) is 5.49. The molecular formula is C22H27ClN2O3. The largest absolute Gasteiger partial charge is 0.484 e. The predicted molar refractivity (Wildman–Crippen MR) is 112 cm³/mol. The molecule has 6 heteroatoms. The molecule has 0 spiro atoms. The highest BCUT2D eigenvalue weighted by Gasteiger charge is 2.28. The minimum absolute atomic E-state index is 0.152. The van der Waals surface area contributed by atoms with Crippen LogP contribution in [0.2, 0.25) is 5.02 Å². The fraction of sp³-hybridized carbons (Fsp3) is 0.364. The summed E-state index contributed by atoms with van der Waals surface area (Å²) in [4.78, 5) is 26.9. The molecule has 1 N–H and O–H groups in total. The molecule has 0 saturated heterocycles. The number of likely N-dealkylation sites (N-methyl/N-ethyl adjacent to an activating group) is 1. The molecule has 150 valence electrons. The number of benzene rings is 2. The highest BCUT2D eigenvalue weighted by Crippen LogP contribution is 2.21. The Morgan fingerprint density at radius 2 is 1.86 bits per heavy atom. The van der Waals surface area contributed by atoms with Crippen LogP contribution in [0.5, 0.6) is 5.75 Å². The zero-order valence-electron chi connectivity index (χ0n) is 16.8. The molecule has 0 aromatic heterocycles. The zero-order valence-corrected chi connectivity index (χ0v) is 17.5. The molecule has 0 aliphatic heterocycles. The van der Waals surface area contributed by atoms with Crippen LogP contribution in [0, 0.1) is 13.8 Å². The molecule has 0 aliphatic rings. The van der Waals surface area contributed by atoms with Crippen molar-refractivity contribution in [1.82, 2.24) is 10.2 Å². The number of amides is 2. The molecule has 0 aliphatic carbocycles. The molecule has 2 aromatic rings. The first-order valence-electron chi connectivity index (χ1n) is 9.31. The van der Waals surface area contributed by atoms with Gasteiger partial charge in [0.05, 0.1) is 0 Å².